The summed E-state index contributed by atoms with van der Waals surface area (Å²) in [5, 5.41) is 0. The van der Waals surface area contributed by atoms with E-state index in [1.54, 1.807) is 0 Å². The number of benzene rings is 1. The Bertz CT molecular complexity index is 721. The maximum absolute atomic E-state index is 12.5. The molecule has 2 aliphatic carbocycles. The van der Waals surface area contributed by atoms with E-state index in [0.717, 1.165) is 55.5 Å². The number of aryl methyl sites for hydroxylation is 2. The maximum Gasteiger partial charge on any atom is 0.165 e. The number of hydrogen-bond acceptors (Lipinski definition) is 2. The van der Waals surface area contributed by atoms with Crippen molar-refractivity contribution >= 4 is 5.78 Å². The number of rotatable bonds is 3. The van der Waals surface area contributed by atoms with Crippen LogP contribution in [0, 0.1) is 5.92 Å². The van der Waals surface area contributed by atoms with Crippen molar-refractivity contribution in [3.8, 4) is 11.4 Å². The summed E-state index contributed by atoms with van der Waals surface area (Å²) in [4.78, 5) is 20.8. The third-order valence-corrected chi connectivity index (χ3v) is 5.31. The minimum Gasteiger partial charge on any atom is -0.342 e. The van der Waals surface area contributed by atoms with Crippen LogP contribution in [0.1, 0.15) is 60.3 Å². The van der Waals surface area contributed by atoms with Crippen LogP contribution in [0.4, 0.5) is 0 Å². The first-order valence-electron chi connectivity index (χ1n) is 9.18. The molecular formula is C21H24N2O. The molecule has 0 bridgehead atoms. The Kier molecular flexibility index (Phi) is 4.33. The lowest BCUT2D eigenvalue weighted by atomic mass is 9.95. The van der Waals surface area contributed by atoms with Gasteiger partial charge < -0.3 is 4.98 Å². The summed E-state index contributed by atoms with van der Waals surface area (Å²) in [6.07, 6.45) is 13.2. The van der Waals surface area contributed by atoms with E-state index in [4.69, 9.17) is 4.98 Å². The highest BCUT2D eigenvalue weighted by Gasteiger charge is 2.23. The minimum absolute atomic E-state index is 0.242. The van der Waals surface area contributed by atoms with Gasteiger partial charge in [-0.2, -0.15) is 0 Å². The molecule has 1 fully saturated rings. The van der Waals surface area contributed by atoms with E-state index in [-0.39, 0.29) is 5.92 Å². The monoisotopic (exact) mass is 320 g/mol. The van der Waals surface area contributed by atoms with E-state index in [1.165, 1.54) is 24.2 Å². The number of imidazole rings is 1. The van der Waals surface area contributed by atoms with E-state index < -0.39 is 0 Å². The molecule has 1 N–H and O–H groups in total. The van der Waals surface area contributed by atoms with Crippen molar-refractivity contribution in [2.24, 2.45) is 5.92 Å². The molecule has 24 heavy (non-hydrogen) atoms. The second-order valence-corrected chi connectivity index (χ2v) is 6.98. The summed E-state index contributed by atoms with van der Waals surface area (Å²) in [6, 6.07) is 8.01. The highest BCUT2D eigenvalue weighted by atomic mass is 16.1. The molecule has 3 heteroatoms. The third kappa shape index (κ3) is 3.08. The van der Waals surface area contributed by atoms with Crippen molar-refractivity contribution < 1.29 is 4.79 Å². The summed E-state index contributed by atoms with van der Waals surface area (Å²) in [6.45, 7) is 0. The zero-order valence-electron chi connectivity index (χ0n) is 14.1. The first-order valence-corrected chi connectivity index (χ1v) is 9.18. The highest BCUT2D eigenvalue weighted by Crippen LogP contribution is 2.29. The van der Waals surface area contributed by atoms with Crippen LogP contribution in [0.5, 0.6) is 0 Å². The number of H-pyrrole nitrogens is 1. The Morgan fingerprint density at radius 1 is 1.00 bits per heavy atom. The first-order chi connectivity index (χ1) is 11.8. The van der Waals surface area contributed by atoms with E-state index >= 15 is 0 Å². The van der Waals surface area contributed by atoms with Crippen LogP contribution < -0.4 is 0 Å². The van der Waals surface area contributed by atoms with Gasteiger partial charge in [0.1, 0.15) is 5.82 Å². The quantitative estimate of drug-likeness (QED) is 0.647. The molecule has 0 amide bonds. The van der Waals surface area contributed by atoms with Crippen LogP contribution in [0.3, 0.4) is 0 Å². The molecule has 1 saturated carbocycles. The molecular weight excluding hydrogens is 296 g/mol. The lowest BCUT2D eigenvalue weighted by molar-refractivity contribution is 0.0923. The minimum atomic E-state index is 0.242. The molecule has 0 radical (unpaired) electrons. The number of nitrogens with one attached hydrogen (secondary N) is 1. The van der Waals surface area contributed by atoms with E-state index in [2.05, 4.69) is 17.1 Å². The molecule has 2 aromatic rings. The SMILES string of the molecule is O=C(c1ccc(-c2nc3c([nH]2)CC/C=C/CC3)cc1)C1CCCC1. The highest BCUT2D eigenvalue weighted by molar-refractivity contribution is 5.98. The van der Waals surface area contributed by atoms with Crippen molar-refractivity contribution in [2.75, 3.05) is 0 Å². The summed E-state index contributed by atoms with van der Waals surface area (Å²) in [5.74, 6) is 1.49. The number of carbonyl (C=O) groups excluding carboxylic acids is 1. The Hall–Kier alpha value is -2.16. The van der Waals surface area contributed by atoms with Crippen LogP contribution >= 0.6 is 0 Å². The zero-order valence-corrected chi connectivity index (χ0v) is 14.1. The van der Waals surface area contributed by atoms with Crippen molar-refractivity contribution in [1.82, 2.24) is 9.97 Å². The largest absolute Gasteiger partial charge is 0.342 e. The second kappa shape index (κ2) is 6.76. The summed E-state index contributed by atoms with van der Waals surface area (Å²) in [5.41, 5.74) is 4.37. The molecule has 0 unspecified atom stereocenters. The number of ketones is 1. The van der Waals surface area contributed by atoms with E-state index in [9.17, 15) is 4.79 Å². The van der Waals surface area contributed by atoms with Gasteiger partial charge in [0, 0.05) is 22.7 Å². The fourth-order valence-corrected chi connectivity index (χ4v) is 3.90. The van der Waals surface area contributed by atoms with Gasteiger partial charge in [-0.05, 0) is 38.5 Å². The standard InChI is InChI=1S/C21H24N2O/c24-20(15-7-5-6-8-15)16-11-13-17(14-12-16)21-22-18-9-3-1-2-4-10-19(18)23-21/h1-2,11-15H,3-10H2,(H,22,23)/b2-1+. The number of aromatic nitrogens is 2. The average molecular weight is 320 g/mol. The van der Waals surface area contributed by atoms with E-state index in [0.29, 0.717) is 5.78 Å². The molecule has 4 rings (SSSR count). The van der Waals surface area contributed by atoms with Crippen molar-refractivity contribution in [2.45, 2.75) is 51.4 Å². The van der Waals surface area contributed by atoms with Crippen LogP contribution in [-0.2, 0) is 12.8 Å². The van der Waals surface area contributed by atoms with Crippen LogP contribution in [0.25, 0.3) is 11.4 Å². The number of aromatic amines is 1. The molecule has 0 atom stereocenters. The van der Waals surface area contributed by atoms with Crippen molar-refractivity contribution in [3.05, 3.63) is 53.4 Å². The lowest BCUT2D eigenvalue weighted by Gasteiger charge is -2.08. The molecule has 1 aromatic heterocycles. The van der Waals surface area contributed by atoms with Crippen molar-refractivity contribution in [3.63, 3.8) is 0 Å². The van der Waals surface area contributed by atoms with Gasteiger partial charge in [0.2, 0.25) is 0 Å². The van der Waals surface area contributed by atoms with Crippen LogP contribution in [0.15, 0.2) is 36.4 Å². The Balaban J connectivity index is 1.54. The fraction of sp³-hybridized carbons (Fsp3) is 0.429. The molecule has 0 saturated heterocycles. The number of carbonyl (C=O) groups is 1. The Morgan fingerprint density at radius 2 is 1.71 bits per heavy atom. The number of Topliss-reactive ketones (excluding diaryl/α,β-unsaturated/α-hetero) is 1. The number of nitrogens with zero attached hydrogens (tertiary/aromatic N) is 1. The molecule has 1 aromatic carbocycles. The van der Waals surface area contributed by atoms with Crippen LogP contribution in [-0.4, -0.2) is 15.8 Å². The molecule has 124 valence electrons. The molecule has 0 aliphatic heterocycles. The summed E-state index contributed by atoms with van der Waals surface area (Å²) in [7, 11) is 0. The topological polar surface area (TPSA) is 45.8 Å². The summed E-state index contributed by atoms with van der Waals surface area (Å²) >= 11 is 0. The fourth-order valence-electron chi connectivity index (χ4n) is 3.90. The smallest absolute Gasteiger partial charge is 0.165 e. The predicted molar refractivity (Wildman–Crippen MR) is 96.1 cm³/mol. The molecule has 2 aliphatic rings. The van der Waals surface area contributed by atoms with Gasteiger partial charge in [0.15, 0.2) is 5.78 Å². The maximum atomic E-state index is 12.5. The molecule has 3 nitrogen and oxygen atoms in total. The number of hydrogen-bond donors (Lipinski definition) is 1. The van der Waals surface area contributed by atoms with Gasteiger partial charge in [-0.1, -0.05) is 49.3 Å². The van der Waals surface area contributed by atoms with Gasteiger partial charge in [-0.25, -0.2) is 4.98 Å². The normalized spacial score (nSPS) is 19.5. The third-order valence-electron chi connectivity index (χ3n) is 5.31. The molecule has 1 heterocycles. The Labute approximate surface area is 143 Å². The van der Waals surface area contributed by atoms with Gasteiger partial charge in [0.25, 0.3) is 0 Å². The number of fused-ring (bicyclic) bond motifs is 1. The van der Waals surface area contributed by atoms with E-state index in [1.807, 2.05) is 24.3 Å². The van der Waals surface area contributed by atoms with Crippen molar-refractivity contribution in [1.29, 1.82) is 0 Å². The molecule has 0 spiro atoms. The first kappa shape index (κ1) is 15.4. The lowest BCUT2D eigenvalue weighted by Crippen LogP contribution is -2.10. The van der Waals surface area contributed by atoms with Gasteiger partial charge in [-0.3, -0.25) is 4.79 Å². The summed E-state index contributed by atoms with van der Waals surface area (Å²) < 4.78 is 0. The zero-order chi connectivity index (χ0) is 16.4. The van der Waals surface area contributed by atoms with Crippen LogP contribution in [0.2, 0.25) is 0 Å². The van der Waals surface area contributed by atoms with Gasteiger partial charge in [-0.15, -0.1) is 0 Å². The van der Waals surface area contributed by atoms with Gasteiger partial charge >= 0.3 is 0 Å². The van der Waals surface area contributed by atoms with Gasteiger partial charge in [0.05, 0.1) is 5.69 Å². The number of allylic oxidation sites excluding steroid dienone is 2. The predicted octanol–water partition coefficient (Wildman–Crippen LogP) is 4.88. The Morgan fingerprint density at radius 3 is 2.46 bits per heavy atom. The average Bonchev–Trinajstić information content (AvgIpc) is 3.25. The second-order valence-electron chi connectivity index (χ2n) is 6.98.